The second-order valence-corrected chi connectivity index (χ2v) is 7.82. The fourth-order valence-electron chi connectivity index (χ4n) is 4.43. The first-order chi connectivity index (χ1) is 13.6. The molecule has 3 rings (SSSR count). The Morgan fingerprint density at radius 1 is 1.11 bits per heavy atom. The Bertz CT molecular complexity index is 781. The van der Waals surface area contributed by atoms with Crippen molar-refractivity contribution in [1.29, 1.82) is 0 Å². The van der Waals surface area contributed by atoms with Gasteiger partial charge in [-0.05, 0) is 69.0 Å². The van der Waals surface area contributed by atoms with Gasteiger partial charge in [-0.1, -0.05) is 38.1 Å². The van der Waals surface area contributed by atoms with E-state index in [0.717, 1.165) is 36.9 Å². The van der Waals surface area contributed by atoms with Gasteiger partial charge in [0.1, 0.15) is 5.82 Å². The topological polar surface area (TPSA) is 28.6 Å². The summed E-state index contributed by atoms with van der Waals surface area (Å²) in [5, 5.41) is 0. The number of hydrogen-bond donors (Lipinski definition) is 0. The van der Waals surface area contributed by atoms with Crippen molar-refractivity contribution in [2.24, 2.45) is 0 Å². The van der Waals surface area contributed by atoms with Crippen LogP contribution in [-0.2, 0) is 0 Å². The number of piperidine rings is 1. The zero-order chi connectivity index (χ0) is 20.1. The standard InChI is InChI=1S/C24H35N3O/c1-6-14-26(7-2)20-12-15-27(16-13-20)23-17-22(19(4)24(25-23)28-5)21-11-9-8-10-18(21)3/h8-11,17,20H,6-7,12-16H2,1-5H3. The van der Waals surface area contributed by atoms with Crippen LogP contribution >= 0.6 is 0 Å². The zero-order valence-corrected chi connectivity index (χ0v) is 18.2. The van der Waals surface area contributed by atoms with E-state index < -0.39 is 0 Å². The Balaban J connectivity index is 1.85. The number of pyridine rings is 1. The van der Waals surface area contributed by atoms with Crippen molar-refractivity contribution < 1.29 is 4.74 Å². The summed E-state index contributed by atoms with van der Waals surface area (Å²) in [4.78, 5) is 9.92. The minimum atomic E-state index is 0.699. The average molecular weight is 382 g/mol. The number of aromatic nitrogens is 1. The summed E-state index contributed by atoms with van der Waals surface area (Å²) in [5.74, 6) is 1.77. The molecule has 0 aliphatic carbocycles. The van der Waals surface area contributed by atoms with Crippen molar-refractivity contribution in [3.8, 4) is 17.0 Å². The molecule has 0 bridgehead atoms. The molecular weight excluding hydrogens is 346 g/mol. The number of hydrogen-bond acceptors (Lipinski definition) is 4. The highest BCUT2D eigenvalue weighted by Gasteiger charge is 2.25. The van der Waals surface area contributed by atoms with Crippen LogP contribution in [0.4, 0.5) is 5.82 Å². The first-order valence-corrected chi connectivity index (χ1v) is 10.7. The van der Waals surface area contributed by atoms with E-state index in [0.29, 0.717) is 6.04 Å². The third-order valence-corrected chi connectivity index (χ3v) is 6.06. The molecule has 152 valence electrons. The maximum absolute atomic E-state index is 5.64. The van der Waals surface area contributed by atoms with E-state index in [4.69, 9.17) is 9.72 Å². The highest BCUT2D eigenvalue weighted by molar-refractivity contribution is 5.74. The molecule has 4 heteroatoms. The van der Waals surface area contributed by atoms with Gasteiger partial charge < -0.3 is 14.5 Å². The lowest BCUT2D eigenvalue weighted by molar-refractivity contribution is 0.177. The summed E-state index contributed by atoms with van der Waals surface area (Å²) in [6.07, 6.45) is 3.63. The third kappa shape index (κ3) is 4.33. The van der Waals surface area contributed by atoms with Crippen LogP contribution < -0.4 is 9.64 Å². The SMILES string of the molecule is CCCN(CC)C1CCN(c2cc(-c3ccccc3C)c(C)c(OC)n2)CC1. The summed E-state index contributed by atoms with van der Waals surface area (Å²) in [6.45, 7) is 13.3. The van der Waals surface area contributed by atoms with E-state index in [1.54, 1.807) is 7.11 Å². The molecule has 1 aliphatic heterocycles. The molecule has 0 N–H and O–H groups in total. The second kappa shape index (κ2) is 9.42. The first-order valence-electron chi connectivity index (χ1n) is 10.7. The number of aryl methyl sites for hydroxylation is 1. The van der Waals surface area contributed by atoms with Crippen LogP contribution in [0.3, 0.4) is 0 Å². The molecule has 2 aromatic rings. The summed E-state index contributed by atoms with van der Waals surface area (Å²) in [5.41, 5.74) is 4.87. The minimum Gasteiger partial charge on any atom is -0.481 e. The maximum atomic E-state index is 5.64. The van der Waals surface area contributed by atoms with Crippen LogP contribution in [0.1, 0.15) is 44.2 Å². The van der Waals surface area contributed by atoms with Crippen LogP contribution in [0.2, 0.25) is 0 Å². The quantitative estimate of drug-likeness (QED) is 0.669. The number of methoxy groups -OCH3 is 1. The van der Waals surface area contributed by atoms with Gasteiger partial charge in [-0.25, -0.2) is 0 Å². The molecule has 1 saturated heterocycles. The number of benzene rings is 1. The van der Waals surface area contributed by atoms with Crippen molar-refractivity contribution in [3.63, 3.8) is 0 Å². The van der Waals surface area contributed by atoms with E-state index in [1.165, 1.54) is 42.5 Å². The Morgan fingerprint density at radius 3 is 2.43 bits per heavy atom. The predicted molar refractivity (Wildman–Crippen MR) is 118 cm³/mol. The fraction of sp³-hybridized carbons (Fsp3) is 0.542. The van der Waals surface area contributed by atoms with Gasteiger partial charge in [0.25, 0.3) is 0 Å². The number of nitrogens with zero attached hydrogens (tertiary/aromatic N) is 3. The third-order valence-electron chi connectivity index (χ3n) is 6.06. The Labute approximate surface area is 170 Å². The lowest BCUT2D eigenvalue weighted by Gasteiger charge is -2.38. The van der Waals surface area contributed by atoms with Crippen LogP contribution in [0.5, 0.6) is 5.88 Å². The van der Waals surface area contributed by atoms with E-state index in [9.17, 15) is 0 Å². The number of rotatable bonds is 7. The lowest BCUT2D eigenvalue weighted by Crippen LogP contribution is -2.45. The molecule has 0 amide bonds. The molecule has 1 aromatic carbocycles. The molecule has 28 heavy (non-hydrogen) atoms. The van der Waals surface area contributed by atoms with Gasteiger partial charge in [0.15, 0.2) is 0 Å². The van der Waals surface area contributed by atoms with Crippen LogP contribution in [0.25, 0.3) is 11.1 Å². The van der Waals surface area contributed by atoms with Crippen molar-refractivity contribution in [2.45, 2.75) is 53.0 Å². The molecule has 1 aromatic heterocycles. The number of ether oxygens (including phenoxy) is 1. The summed E-state index contributed by atoms with van der Waals surface area (Å²) in [7, 11) is 1.72. The summed E-state index contributed by atoms with van der Waals surface area (Å²) < 4.78 is 5.64. The molecule has 1 fully saturated rings. The van der Waals surface area contributed by atoms with Gasteiger partial charge in [-0.15, -0.1) is 0 Å². The molecule has 0 radical (unpaired) electrons. The Kier molecular flexibility index (Phi) is 6.95. The highest BCUT2D eigenvalue weighted by atomic mass is 16.5. The molecular formula is C24H35N3O. The smallest absolute Gasteiger partial charge is 0.218 e. The van der Waals surface area contributed by atoms with Gasteiger partial charge in [0.05, 0.1) is 7.11 Å². The lowest BCUT2D eigenvalue weighted by atomic mass is 9.97. The van der Waals surface area contributed by atoms with Crippen LogP contribution in [0.15, 0.2) is 30.3 Å². The van der Waals surface area contributed by atoms with Crippen LogP contribution in [0, 0.1) is 13.8 Å². The maximum Gasteiger partial charge on any atom is 0.218 e. The van der Waals surface area contributed by atoms with E-state index >= 15 is 0 Å². The highest BCUT2D eigenvalue weighted by Crippen LogP contribution is 2.35. The fourth-order valence-corrected chi connectivity index (χ4v) is 4.43. The molecule has 2 heterocycles. The number of anilines is 1. The average Bonchev–Trinajstić information content (AvgIpc) is 2.73. The van der Waals surface area contributed by atoms with Gasteiger partial charge in [-0.2, -0.15) is 4.98 Å². The van der Waals surface area contributed by atoms with E-state index in [2.05, 4.69) is 67.8 Å². The van der Waals surface area contributed by atoms with Crippen LogP contribution in [-0.4, -0.2) is 49.2 Å². The van der Waals surface area contributed by atoms with E-state index in [1.807, 2.05) is 0 Å². The Hall–Kier alpha value is -2.07. The molecule has 1 aliphatic rings. The van der Waals surface area contributed by atoms with Gasteiger partial charge in [0.2, 0.25) is 5.88 Å². The Morgan fingerprint density at radius 2 is 1.82 bits per heavy atom. The molecule has 0 saturated carbocycles. The van der Waals surface area contributed by atoms with Crippen molar-refractivity contribution >= 4 is 5.82 Å². The van der Waals surface area contributed by atoms with E-state index in [-0.39, 0.29) is 0 Å². The van der Waals surface area contributed by atoms with Gasteiger partial charge in [-0.3, -0.25) is 0 Å². The predicted octanol–water partition coefficient (Wildman–Crippen LogP) is 5.07. The summed E-state index contributed by atoms with van der Waals surface area (Å²) in [6, 6.07) is 11.5. The molecule has 0 atom stereocenters. The van der Waals surface area contributed by atoms with Crippen molar-refractivity contribution in [3.05, 3.63) is 41.5 Å². The normalized spacial score (nSPS) is 15.3. The van der Waals surface area contributed by atoms with Crippen molar-refractivity contribution in [1.82, 2.24) is 9.88 Å². The van der Waals surface area contributed by atoms with Crippen molar-refractivity contribution in [2.75, 3.05) is 38.2 Å². The van der Waals surface area contributed by atoms with Gasteiger partial charge >= 0.3 is 0 Å². The summed E-state index contributed by atoms with van der Waals surface area (Å²) >= 11 is 0. The monoisotopic (exact) mass is 381 g/mol. The molecule has 4 nitrogen and oxygen atoms in total. The first kappa shape index (κ1) is 20.7. The minimum absolute atomic E-state index is 0.699. The molecule has 0 spiro atoms. The van der Waals surface area contributed by atoms with Gasteiger partial charge in [0, 0.05) is 24.7 Å². The largest absolute Gasteiger partial charge is 0.481 e. The molecule has 0 unspecified atom stereocenters. The second-order valence-electron chi connectivity index (χ2n) is 7.82. The zero-order valence-electron chi connectivity index (χ0n) is 18.2.